The van der Waals surface area contributed by atoms with Crippen molar-refractivity contribution in [1.82, 2.24) is 24.7 Å². The largest absolute Gasteiger partial charge is 0.351 e. The van der Waals surface area contributed by atoms with Crippen LogP contribution >= 0.6 is 11.8 Å². The average molecular weight is 451 g/mol. The van der Waals surface area contributed by atoms with E-state index in [1.54, 1.807) is 24.5 Å². The number of halogens is 2. The van der Waals surface area contributed by atoms with Crippen LogP contribution in [0.5, 0.6) is 0 Å². The van der Waals surface area contributed by atoms with E-state index in [1.165, 1.54) is 36.0 Å². The van der Waals surface area contributed by atoms with Gasteiger partial charge in [0.1, 0.15) is 17.5 Å². The minimum absolute atomic E-state index is 0.0172. The molecule has 0 aliphatic carbocycles. The molecular formula is C23H20F2N6S. The second-order valence-electron chi connectivity index (χ2n) is 7.56. The van der Waals surface area contributed by atoms with Crippen LogP contribution < -0.4 is 0 Å². The molecule has 32 heavy (non-hydrogen) atoms. The number of nitrogens with zero attached hydrogens (tertiary/aromatic N) is 5. The summed E-state index contributed by atoms with van der Waals surface area (Å²) in [5.41, 5.74) is 2.66. The summed E-state index contributed by atoms with van der Waals surface area (Å²) in [6.45, 7) is 0.721. The zero-order valence-corrected chi connectivity index (χ0v) is 17.9. The van der Waals surface area contributed by atoms with E-state index in [1.807, 2.05) is 12.4 Å². The van der Waals surface area contributed by atoms with Gasteiger partial charge < -0.3 is 9.55 Å². The minimum atomic E-state index is -0.291. The molecule has 3 heterocycles. The number of nitrogens with one attached hydrogen (secondary N) is 1. The third-order valence-corrected chi connectivity index (χ3v) is 6.37. The molecule has 1 atom stereocenters. The molecule has 0 saturated carbocycles. The maximum absolute atomic E-state index is 13.5. The van der Waals surface area contributed by atoms with Gasteiger partial charge in [-0.2, -0.15) is 0 Å². The Kier molecular flexibility index (Phi) is 5.81. The quantitative estimate of drug-likeness (QED) is 0.405. The maximum atomic E-state index is 13.5. The number of aromatic nitrogens is 5. The fourth-order valence-electron chi connectivity index (χ4n) is 3.78. The average Bonchev–Trinajstić information content (AvgIpc) is 3.52. The lowest BCUT2D eigenvalue weighted by Crippen LogP contribution is -2.11. The van der Waals surface area contributed by atoms with Crippen LogP contribution in [0.3, 0.4) is 0 Å². The molecule has 1 aliphatic rings. The molecule has 0 radical (unpaired) electrons. The van der Waals surface area contributed by atoms with Crippen molar-refractivity contribution in [1.29, 1.82) is 0 Å². The summed E-state index contributed by atoms with van der Waals surface area (Å²) in [6, 6.07) is 11.0. The minimum Gasteiger partial charge on any atom is -0.351 e. The lowest BCUT2D eigenvalue weighted by atomic mass is 9.97. The van der Waals surface area contributed by atoms with Crippen molar-refractivity contribution < 1.29 is 8.78 Å². The molecule has 0 spiro atoms. The lowest BCUT2D eigenvalue weighted by molar-refractivity contribution is 0.563. The van der Waals surface area contributed by atoms with Crippen LogP contribution in [0.15, 0.2) is 70.0 Å². The van der Waals surface area contributed by atoms with Crippen LogP contribution in [0, 0.1) is 11.6 Å². The standard InChI is InChI=1S/C23H20F2N6S/c24-16-3-6-19(7-4-16)32-23-30-29-22(31(23)9-1-2-18-13-26-14-28-18)10-15-12-27-21-11-17(25)5-8-20(15)21/h3-8,11-15H,1-2,9-10H2,(H,26,28). The van der Waals surface area contributed by atoms with E-state index in [0.717, 1.165) is 46.5 Å². The van der Waals surface area contributed by atoms with Crippen LogP contribution in [-0.2, 0) is 19.4 Å². The Labute approximate surface area is 187 Å². The van der Waals surface area contributed by atoms with Gasteiger partial charge in [0.25, 0.3) is 0 Å². The molecule has 1 unspecified atom stereocenters. The number of fused-ring (bicyclic) bond motifs is 1. The summed E-state index contributed by atoms with van der Waals surface area (Å²) in [7, 11) is 0. The van der Waals surface area contributed by atoms with E-state index in [4.69, 9.17) is 0 Å². The van der Waals surface area contributed by atoms with Gasteiger partial charge in [0, 0.05) is 36.2 Å². The van der Waals surface area contributed by atoms with Crippen molar-refractivity contribution in [2.45, 2.75) is 41.8 Å². The topological polar surface area (TPSA) is 71.8 Å². The summed E-state index contributed by atoms with van der Waals surface area (Å²) in [6.07, 6.45) is 7.73. The molecule has 2 aromatic carbocycles. The summed E-state index contributed by atoms with van der Waals surface area (Å²) in [4.78, 5) is 12.5. The first-order valence-corrected chi connectivity index (χ1v) is 11.1. The van der Waals surface area contributed by atoms with Crippen molar-refractivity contribution in [3.05, 3.63) is 83.7 Å². The Balaban J connectivity index is 1.38. The van der Waals surface area contributed by atoms with Gasteiger partial charge in [-0.05, 0) is 66.6 Å². The first-order valence-electron chi connectivity index (χ1n) is 10.3. The van der Waals surface area contributed by atoms with Gasteiger partial charge in [-0.1, -0.05) is 6.07 Å². The summed E-state index contributed by atoms with van der Waals surface area (Å²) in [5.74, 6) is 0.293. The van der Waals surface area contributed by atoms with Crippen LogP contribution in [0.1, 0.15) is 29.4 Å². The molecular weight excluding hydrogens is 430 g/mol. The molecule has 0 amide bonds. The highest BCUT2D eigenvalue weighted by Crippen LogP contribution is 2.35. The molecule has 6 nitrogen and oxygen atoms in total. The monoisotopic (exact) mass is 450 g/mol. The van der Waals surface area contributed by atoms with Crippen molar-refractivity contribution in [2.75, 3.05) is 0 Å². The Morgan fingerprint density at radius 3 is 2.69 bits per heavy atom. The van der Waals surface area contributed by atoms with E-state index in [2.05, 4.69) is 29.7 Å². The second-order valence-corrected chi connectivity index (χ2v) is 8.60. The van der Waals surface area contributed by atoms with E-state index in [9.17, 15) is 8.78 Å². The van der Waals surface area contributed by atoms with Crippen molar-refractivity contribution in [3.8, 4) is 0 Å². The molecule has 162 valence electrons. The van der Waals surface area contributed by atoms with Gasteiger partial charge in [0.2, 0.25) is 0 Å². The van der Waals surface area contributed by atoms with Crippen LogP contribution in [0.2, 0.25) is 0 Å². The molecule has 0 fully saturated rings. The Morgan fingerprint density at radius 2 is 1.88 bits per heavy atom. The van der Waals surface area contributed by atoms with Crippen molar-refractivity contribution in [3.63, 3.8) is 0 Å². The zero-order valence-electron chi connectivity index (χ0n) is 17.1. The van der Waals surface area contributed by atoms with Crippen molar-refractivity contribution in [2.24, 2.45) is 4.99 Å². The summed E-state index contributed by atoms with van der Waals surface area (Å²) >= 11 is 1.45. The van der Waals surface area contributed by atoms with Gasteiger partial charge in [0.05, 0.1) is 17.7 Å². The Bertz CT molecular complexity index is 1230. The number of aryl methyl sites for hydroxylation is 1. The molecule has 0 saturated heterocycles. The Morgan fingerprint density at radius 1 is 1.03 bits per heavy atom. The number of aliphatic imine (C=N–C) groups is 1. The maximum Gasteiger partial charge on any atom is 0.196 e. The molecule has 4 aromatic rings. The van der Waals surface area contributed by atoms with E-state index in [0.29, 0.717) is 12.1 Å². The predicted molar refractivity (Wildman–Crippen MR) is 118 cm³/mol. The lowest BCUT2D eigenvalue weighted by Gasteiger charge is -2.13. The fourth-order valence-corrected chi connectivity index (χ4v) is 4.65. The van der Waals surface area contributed by atoms with Gasteiger partial charge in [0.15, 0.2) is 5.16 Å². The summed E-state index contributed by atoms with van der Waals surface area (Å²) in [5, 5.41) is 9.63. The highest BCUT2D eigenvalue weighted by atomic mass is 32.2. The number of H-pyrrole nitrogens is 1. The highest BCUT2D eigenvalue weighted by Gasteiger charge is 2.23. The van der Waals surface area contributed by atoms with E-state index < -0.39 is 0 Å². The zero-order chi connectivity index (χ0) is 21.9. The molecule has 1 N–H and O–H groups in total. The second kappa shape index (κ2) is 9.04. The smallest absolute Gasteiger partial charge is 0.196 e. The van der Waals surface area contributed by atoms with Gasteiger partial charge >= 0.3 is 0 Å². The molecule has 1 aliphatic heterocycles. The third-order valence-electron chi connectivity index (χ3n) is 5.37. The van der Waals surface area contributed by atoms with Crippen LogP contribution in [0.25, 0.3) is 0 Å². The first-order chi connectivity index (χ1) is 15.7. The van der Waals surface area contributed by atoms with Crippen LogP contribution in [0.4, 0.5) is 14.5 Å². The number of benzene rings is 2. The van der Waals surface area contributed by atoms with E-state index >= 15 is 0 Å². The van der Waals surface area contributed by atoms with Gasteiger partial charge in [-0.15, -0.1) is 10.2 Å². The fraction of sp³-hybridized carbons (Fsp3) is 0.217. The first kappa shape index (κ1) is 20.6. The number of hydrogen-bond donors (Lipinski definition) is 1. The Hall–Kier alpha value is -3.33. The predicted octanol–water partition coefficient (Wildman–Crippen LogP) is 5.11. The number of rotatable bonds is 8. The van der Waals surface area contributed by atoms with Gasteiger partial charge in [-0.25, -0.2) is 13.8 Å². The summed E-state index contributed by atoms with van der Waals surface area (Å²) < 4.78 is 28.9. The molecule has 9 heteroatoms. The third kappa shape index (κ3) is 4.47. The van der Waals surface area contributed by atoms with Gasteiger partial charge in [-0.3, -0.25) is 4.99 Å². The normalized spacial score (nSPS) is 14.8. The van der Waals surface area contributed by atoms with Crippen LogP contribution in [-0.4, -0.2) is 30.9 Å². The van der Waals surface area contributed by atoms with E-state index in [-0.39, 0.29) is 17.6 Å². The molecule has 5 rings (SSSR count). The number of imidazole rings is 1. The molecule has 0 bridgehead atoms. The molecule has 2 aromatic heterocycles. The number of hydrogen-bond acceptors (Lipinski definition) is 5. The highest BCUT2D eigenvalue weighted by molar-refractivity contribution is 7.99. The van der Waals surface area contributed by atoms with Crippen molar-refractivity contribution >= 4 is 23.7 Å². The SMILES string of the molecule is Fc1ccc(Sc2nnc(CC3C=Nc4cc(F)ccc43)n2CCCc2c[nH]cn2)cc1. The number of aromatic amines is 1.